The normalized spacial score (nSPS) is 26.0. The molecular formula is C14H20ClFN2. The van der Waals surface area contributed by atoms with Gasteiger partial charge in [0.2, 0.25) is 0 Å². The highest BCUT2D eigenvalue weighted by atomic mass is 35.5. The Bertz CT molecular complexity index is 403. The summed E-state index contributed by atoms with van der Waals surface area (Å²) in [4.78, 5) is 0. The van der Waals surface area contributed by atoms with E-state index in [1.807, 2.05) is 0 Å². The third kappa shape index (κ3) is 3.02. The summed E-state index contributed by atoms with van der Waals surface area (Å²) in [6.45, 7) is 2.28. The van der Waals surface area contributed by atoms with Gasteiger partial charge in [-0.05, 0) is 42.4 Å². The summed E-state index contributed by atoms with van der Waals surface area (Å²) in [6, 6.07) is 4.55. The van der Waals surface area contributed by atoms with E-state index in [4.69, 9.17) is 17.4 Å². The van der Waals surface area contributed by atoms with Crippen molar-refractivity contribution in [3.63, 3.8) is 0 Å². The van der Waals surface area contributed by atoms with E-state index in [-0.39, 0.29) is 11.9 Å². The highest BCUT2D eigenvalue weighted by Gasteiger charge is 2.27. The number of halogens is 2. The van der Waals surface area contributed by atoms with Crippen molar-refractivity contribution in [2.24, 2.45) is 17.7 Å². The fraction of sp³-hybridized carbons (Fsp3) is 0.571. The summed E-state index contributed by atoms with van der Waals surface area (Å²) >= 11 is 6.12. The van der Waals surface area contributed by atoms with Crippen LogP contribution in [0, 0.1) is 17.7 Å². The molecule has 1 fully saturated rings. The second-order valence-electron chi connectivity index (χ2n) is 5.33. The molecule has 1 atom stereocenters. The van der Waals surface area contributed by atoms with Crippen LogP contribution in [0.5, 0.6) is 0 Å². The van der Waals surface area contributed by atoms with Crippen molar-refractivity contribution in [3.8, 4) is 0 Å². The van der Waals surface area contributed by atoms with Crippen LogP contribution in [0.4, 0.5) is 4.39 Å². The smallest absolute Gasteiger partial charge is 0.124 e. The fourth-order valence-electron chi connectivity index (χ4n) is 2.85. The lowest BCUT2D eigenvalue weighted by molar-refractivity contribution is 0.232. The number of rotatable bonds is 3. The van der Waals surface area contributed by atoms with Crippen molar-refractivity contribution < 1.29 is 4.39 Å². The van der Waals surface area contributed by atoms with E-state index in [0.29, 0.717) is 10.9 Å². The monoisotopic (exact) mass is 270 g/mol. The zero-order valence-corrected chi connectivity index (χ0v) is 11.4. The molecule has 4 heteroatoms. The minimum atomic E-state index is -0.309. The van der Waals surface area contributed by atoms with E-state index in [1.54, 1.807) is 6.07 Å². The molecule has 2 nitrogen and oxygen atoms in total. The molecule has 0 aromatic heterocycles. The van der Waals surface area contributed by atoms with E-state index in [0.717, 1.165) is 24.3 Å². The second kappa shape index (κ2) is 6.00. The first-order chi connectivity index (χ1) is 8.61. The van der Waals surface area contributed by atoms with Gasteiger partial charge in [-0.3, -0.25) is 11.3 Å². The molecule has 1 aliphatic carbocycles. The molecule has 0 heterocycles. The standard InChI is InChI=1S/C14H20ClFN2/c1-9-2-4-10(5-3-9)14(18-17)12-7-6-11(16)8-13(12)15/h6-10,14,18H,2-5,17H2,1H3. The highest BCUT2D eigenvalue weighted by molar-refractivity contribution is 6.31. The molecule has 2 rings (SSSR count). The van der Waals surface area contributed by atoms with Crippen LogP contribution in [0.25, 0.3) is 0 Å². The quantitative estimate of drug-likeness (QED) is 0.647. The molecule has 100 valence electrons. The lowest BCUT2D eigenvalue weighted by Crippen LogP contribution is -2.35. The van der Waals surface area contributed by atoms with Gasteiger partial charge in [0.15, 0.2) is 0 Å². The molecule has 18 heavy (non-hydrogen) atoms. The predicted octanol–water partition coefficient (Wildman–Crippen LogP) is 3.81. The SMILES string of the molecule is CC1CCC(C(NN)c2ccc(F)cc2Cl)CC1. The van der Waals surface area contributed by atoms with Gasteiger partial charge in [0.1, 0.15) is 5.82 Å². The van der Waals surface area contributed by atoms with Gasteiger partial charge in [0, 0.05) is 5.02 Å². The highest BCUT2D eigenvalue weighted by Crippen LogP contribution is 2.38. The molecule has 1 aromatic carbocycles. The average Bonchev–Trinajstić information content (AvgIpc) is 2.35. The third-order valence-electron chi connectivity index (χ3n) is 4.01. The minimum Gasteiger partial charge on any atom is -0.271 e. The van der Waals surface area contributed by atoms with Crippen molar-refractivity contribution >= 4 is 11.6 Å². The summed E-state index contributed by atoms with van der Waals surface area (Å²) in [5.74, 6) is 6.64. The van der Waals surface area contributed by atoms with Crippen LogP contribution in [0.2, 0.25) is 5.02 Å². The van der Waals surface area contributed by atoms with Gasteiger partial charge in [-0.2, -0.15) is 0 Å². The van der Waals surface area contributed by atoms with Crippen LogP contribution in [-0.2, 0) is 0 Å². The summed E-state index contributed by atoms with van der Waals surface area (Å²) in [7, 11) is 0. The van der Waals surface area contributed by atoms with Crippen LogP contribution in [0.1, 0.15) is 44.2 Å². The van der Waals surface area contributed by atoms with Crippen LogP contribution < -0.4 is 11.3 Å². The van der Waals surface area contributed by atoms with E-state index in [9.17, 15) is 4.39 Å². The van der Waals surface area contributed by atoms with Crippen LogP contribution in [0.3, 0.4) is 0 Å². The first-order valence-corrected chi connectivity index (χ1v) is 6.90. The fourth-order valence-corrected chi connectivity index (χ4v) is 3.14. The van der Waals surface area contributed by atoms with Gasteiger partial charge < -0.3 is 0 Å². The summed E-state index contributed by atoms with van der Waals surface area (Å²) in [5.41, 5.74) is 3.76. The lowest BCUT2D eigenvalue weighted by Gasteiger charge is -2.33. The van der Waals surface area contributed by atoms with E-state index < -0.39 is 0 Å². The summed E-state index contributed by atoms with van der Waals surface area (Å²) < 4.78 is 13.1. The van der Waals surface area contributed by atoms with E-state index in [2.05, 4.69) is 12.3 Å². The van der Waals surface area contributed by atoms with Gasteiger partial charge in [0.25, 0.3) is 0 Å². The van der Waals surface area contributed by atoms with Gasteiger partial charge >= 0.3 is 0 Å². The molecule has 0 aliphatic heterocycles. The van der Waals surface area contributed by atoms with Gasteiger partial charge in [-0.15, -0.1) is 0 Å². The Balaban J connectivity index is 2.17. The number of benzene rings is 1. The third-order valence-corrected chi connectivity index (χ3v) is 4.34. The molecule has 1 unspecified atom stereocenters. The zero-order valence-electron chi connectivity index (χ0n) is 10.6. The maximum atomic E-state index is 13.1. The van der Waals surface area contributed by atoms with Crippen LogP contribution in [-0.4, -0.2) is 0 Å². The van der Waals surface area contributed by atoms with Gasteiger partial charge in [-0.25, -0.2) is 4.39 Å². The lowest BCUT2D eigenvalue weighted by atomic mass is 9.77. The van der Waals surface area contributed by atoms with Crippen molar-refractivity contribution in [1.29, 1.82) is 0 Å². The van der Waals surface area contributed by atoms with Crippen molar-refractivity contribution in [2.45, 2.75) is 38.6 Å². The number of nitrogens with one attached hydrogen (secondary N) is 1. The first kappa shape index (κ1) is 13.8. The Hall–Kier alpha value is -0.640. The van der Waals surface area contributed by atoms with E-state index in [1.165, 1.54) is 25.0 Å². The molecule has 0 bridgehead atoms. The van der Waals surface area contributed by atoms with Crippen molar-refractivity contribution in [2.75, 3.05) is 0 Å². The Labute approximate surface area is 113 Å². The molecule has 0 spiro atoms. The molecule has 0 saturated heterocycles. The number of nitrogens with two attached hydrogens (primary N) is 1. The number of hydrogen-bond acceptors (Lipinski definition) is 2. The van der Waals surface area contributed by atoms with Crippen molar-refractivity contribution in [1.82, 2.24) is 5.43 Å². The topological polar surface area (TPSA) is 38.0 Å². The maximum Gasteiger partial charge on any atom is 0.124 e. The summed E-state index contributed by atoms with van der Waals surface area (Å²) in [6.07, 6.45) is 4.73. The molecule has 1 saturated carbocycles. The van der Waals surface area contributed by atoms with Gasteiger partial charge in [-0.1, -0.05) is 37.4 Å². The molecular weight excluding hydrogens is 251 g/mol. The molecule has 1 aromatic rings. The Morgan fingerprint density at radius 2 is 2.00 bits per heavy atom. The number of hydrazine groups is 1. The second-order valence-corrected chi connectivity index (χ2v) is 5.74. The predicted molar refractivity (Wildman–Crippen MR) is 72.6 cm³/mol. The average molecular weight is 271 g/mol. The number of hydrogen-bond donors (Lipinski definition) is 2. The van der Waals surface area contributed by atoms with E-state index >= 15 is 0 Å². The molecule has 0 radical (unpaired) electrons. The molecule has 0 amide bonds. The van der Waals surface area contributed by atoms with Crippen LogP contribution >= 0.6 is 11.6 Å². The zero-order chi connectivity index (χ0) is 13.1. The molecule has 3 N–H and O–H groups in total. The molecule has 1 aliphatic rings. The Kier molecular flexibility index (Phi) is 4.60. The maximum absolute atomic E-state index is 13.1. The first-order valence-electron chi connectivity index (χ1n) is 6.53. The largest absolute Gasteiger partial charge is 0.271 e. The minimum absolute atomic E-state index is 0.0191. The Morgan fingerprint density at radius 3 is 2.56 bits per heavy atom. The Morgan fingerprint density at radius 1 is 1.33 bits per heavy atom. The van der Waals surface area contributed by atoms with Gasteiger partial charge in [0.05, 0.1) is 6.04 Å². The van der Waals surface area contributed by atoms with Crippen molar-refractivity contribution in [3.05, 3.63) is 34.6 Å². The summed E-state index contributed by atoms with van der Waals surface area (Å²) in [5, 5.41) is 0.455. The van der Waals surface area contributed by atoms with Crippen LogP contribution in [0.15, 0.2) is 18.2 Å².